The quantitative estimate of drug-likeness (QED) is 0.878. The topological polar surface area (TPSA) is 62.5 Å². The van der Waals surface area contributed by atoms with E-state index < -0.39 is 5.82 Å². The summed E-state index contributed by atoms with van der Waals surface area (Å²) in [5.41, 5.74) is 6.25. The average Bonchev–Trinajstić information content (AvgIpc) is 2.98. The summed E-state index contributed by atoms with van der Waals surface area (Å²) in [7, 11) is 0. The Hall–Kier alpha value is -1.53. The summed E-state index contributed by atoms with van der Waals surface area (Å²) < 4.78 is 12.9. The molecule has 114 valence electrons. The minimum absolute atomic E-state index is 0.105. The van der Waals surface area contributed by atoms with E-state index in [4.69, 9.17) is 5.73 Å². The highest BCUT2D eigenvalue weighted by Crippen LogP contribution is 2.21. The van der Waals surface area contributed by atoms with E-state index in [1.54, 1.807) is 0 Å². The number of hydrogen-bond donors (Lipinski definition) is 1. The minimum atomic E-state index is -0.421. The van der Waals surface area contributed by atoms with Gasteiger partial charge in [-0.1, -0.05) is 0 Å². The van der Waals surface area contributed by atoms with Crippen molar-refractivity contribution in [1.29, 1.82) is 0 Å². The first-order valence-electron chi connectivity index (χ1n) is 7.54. The van der Waals surface area contributed by atoms with Gasteiger partial charge in [-0.15, -0.1) is 0 Å². The van der Waals surface area contributed by atoms with Gasteiger partial charge in [-0.2, -0.15) is 0 Å². The van der Waals surface area contributed by atoms with Crippen LogP contribution in [0.1, 0.15) is 29.8 Å². The van der Waals surface area contributed by atoms with Crippen molar-refractivity contribution < 1.29 is 9.18 Å². The van der Waals surface area contributed by atoms with Crippen molar-refractivity contribution in [2.45, 2.75) is 31.3 Å². The number of nitrogens with two attached hydrogens (primary N) is 1. The lowest BCUT2D eigenvalue weighted by Gasteiger charge is -2.34. The number of hydrogen-bond acceptors (Lipinski definition) is 4. The third-order valence-corrected chi connectivity index (χ3v) is 4.49. The van der Waals surface area contributed by atoms with E-state index in [0.29, 0.717) is 17.8 Å². The third kappa shape index (κ3) is 3.22. The molecule has 0 saturated carbocycles. The molecule has 2 N–H and O–H groups in total. The van der Waals surface area contributed by atoms with Gasteiger partial charge in [-0.25, -0.2) is 9.37 Å². The molecule has 1 atom stereocenters. The van der Waals surface area contributed by atoms with Gasteiger partial charge < -0.3 is 10.6 Å². The lowest BCUT2D eigenvalue weighted by atomic mass is 10.0. The molecule has 6 heteroatoms. The highest BCUT2D eigenvalue weighted by atomic mass is 19.1. The summed E-state index contributed by atoms with van der Waals surface area (Å²) >= 11 is 0. The summed E-state index contributed by atoms with van der Waals surface area (Å²) in [5.74, 6) is -0.526. The van der Waals surface area contributed by atoms with E-state index in [0.717, 1.165) is 51.6 Å². The van der Waals surface area contributed by atoms with E-state index >= 15 is 0 Å². The molecule has 1 amide bonds. The average molecular weight is 292 g/mol. The van der Waals surface area contributed by atoms with Gasteiger partial charge in [0.1, 0.15) is 11.5 Å². The standard InChI is InChI=1S/C15H21FN4O/c16-11-1-2-14(18-9-11)15(21)20-8-5-13(10-20)19-6-3-12(17)4-7-19/h1-2,9,12-13H,3-8,10,17H2. The summed E-state index contributed by atoms with van der Waals surface area (Å²) in [4.78, 5) is 20.5. The van der Waals surface area contributed by atoms with E-state index in [9.17, 15) is 9.18 Å². The van der Waals surface area contributed by atoms with E-state index in [1.807, 2.05) is 4.90 Å². The Morgan fingerprint density at radius 1 is 1.24 bits per heavy atom. The molecule has 0 aromatic carbocycles. The lowest BCUT2D eigenvalue weighted by molar-refractivity contribution is 0.0763. The van der Waals surface area contributed by atoms with Gasteiger partial charge in [-0.3, -0.25) is 9.69 Å². The number of rotatable bonds is 2. The fraction of sp³-hybridized carbons (Fsp3) is 0.600. The molecule has 2 saturated heterocycles. The Bertz CT molecular complexity index is 499. The number of aromatic nitrogens is 1. The zero-order valence-corrected chi connectivity index (χ0v) is 12.0. The molecule has 0 bridgehead atoms. The molecule has 1 aromatic rings. The molecule has 21 heavy (non-hydrogen) atoms. The van der Waals surface area contributed by atoms with E-state index in [-0.39, 0.29) is 5.91 Å². The van der Waals surface area contributed by atoms with Crippen molar-refractivity contribution in [3.8, 4) is 0 Å². The second-order valence-electron chi connectivity index (χ2n) is 5.93. The van der Waals surface area contributed by atoms with Crippen LogP contribution in [0.3, 0.4) is 0 Å². The maximum atomic E-state index is 12.9. The van der Waals surface area contributed by atoms with Crippen LogP contribution in [0.25, 0.3) is 0 Å². The molecule has 1 aromatic heterocycles. The Labute approximate surface area is 123 Å². The molecule has 2 aliphatic rings. The summed E-state index contributed by atoms with van der Waals surface area (Å²) in [6.45, 7) is 3.50. The first kappa shape index (κ1) is 14.4. The molecule has 0 radical (unpaired) electrons. The predicted octanol–water partition coefficient (Wildman–Crippen LogP) is 0.858. The molecular formula is C15H21FN4O. The number of carbonyl (C=O) groups excluding carboxylic acids is 1. The predicted molar refractivity (Wildman–Crippen MR) is 77.3 cm³/mol. The molecule has 0 aliphatic carbocycles. The maximum Gasteiger partial charge on any atom is 0.272 e. The molecule has 3 heterocycles. The molecular weight excluding hydrogens is 271 g/mol. The van der Waals surface area contributed by atoms with Gasteiger partial charge >= 0.3 is 0 Å². The third-order valence-electron chi connectivity index (χ3n) is 4.49. The van der Waals surface area contributed by atoms with E-state index in [2.05, 4.69) is 9.88 Å². The largest absolute Gasteiger partial charge is 0.336 e. The van der Waals surface area contributed by atoms with Gasteiger partial charge in [0.15, 0.2) is 0 Å². The Morgan fingerprint density at radius 2 is 2.00 bits per heavy atom. The number of carbonyl (C=O) groups is 1. The Balaban J connectivity index is 1.59. The van der Waals surface area contributed by atoms with Crippen LogP contribution in [0.2, 0.25) is 0 Å². The number of nitrogens with zero attached hydrogens (tertiary/aromatic N) is 3. The van der Waals surface area contributed by atoms with Gasteiger partial charge in [0, 0.05) is 25.2 Å². The van der Waals surface area contributed by atoms with Crippen LogP contribution in [0.15, 0.2) is 18.3 Å². The molecule has 2 fully saturated rings. The van der Waals surface area contributed by atoms with Crippen LogP contribution in [0.4, 0.5) is 4.39 Å². The van der Waals surface area contributed by atoms with Crippen molar-refractivity contribution in [2.24, 2.45) is 5.73 Å². The molecule has 2 aliphatic heterocycles. The van der Waals surface area contributed by atoms with E-state index in [1.165, 1.54) is 12.1 Å². The monoisotopic (exact) mass is 292 g/mol. The smallest absolute Gasteiger partial charge is 0.272 e. The maximum absolute atomic E-state index is 12.9. The number of amides is 1. The number of likely N-dealkylation sites (tertiary alicyclic amines) is 2. The van der Waals surface area contributed by atoms with Gasteiger partial charge in [0.2, 0.25) is 0 Å². The van der Waals surface area contributed by atoms with Crippen LogP contribution in [-0.2, 0) is 0 Å². The summed E-state index contributed by atoms with van der Waals surface area (Å²) in [6.07, 6.45) is 4.14. The Morgan fingerprint density at radius 3 is 2.67 bits per heavy atom. The van der Waals surface area contributed by atoms with Gasteiger partial charge in [0.05, 0.1) is 6.20 Å². The molecule has 1 unspecified atom stereocenters. The zero-order chi connectivity index (χ0) is 14.8. The SMILES string of the molecule is NC1CCN(C2CCN(C(=O)c3ccc(F)cn3)C2)CC1. The highest BCUT2D eigenvalue weighted by Gasteiger charge is 2.32. The minimum Gasteiger partial charge on any atom is -0.336 e. The molecule has 3 rings (SSSR count). The zero-order valence-electron chi connectivity index (χ0n) is 12.0. The number of pyridine rings is 1. The summed E-state index contributed by atoms with van der Waals surface area (Å²) in [5, 5.41) is 0. The van der Waals surface area contributed by atoms with Crippen LogP contribution in [0.5, 0.6) is 0 Å². The van der Waals surface area contributed by atoms with Crippen molar-refractivity contribution in [3.63, 3.8) is 0 Å². The molecule has 5 nitrogen and oxygen atoms in total. The first-order valence-corrected chi connectivity index (χ1v) is 7.54. The number of halogens is 1. The second kappa shape index (κ2) is 6.07. The van der Waals surface area contributed by atoms with Gasteiger partial charge in [0.25, 0.3) is 5.91 Å². The summed E-state index contributed by atoms with van der Waals surface area (Å²) in [6, 6.07) is 3.47. The van der Waals surface area contributed by atoms with Crippen LogP contribution >= 0.6 is 0 Å². The number of piperidine rings is 1. The fourth-order valence-electron chi connectivity index (χ4n) is 3.17. The van der Waals surface area contributed by atoms with Crippen molar-refractivity contribution >= 4 is 5.91 Å². The first-order chi connectivity index (χ1) is 10.1. The van der Waals surface area contributed by atoms with Crippen molar-refractivity contribution in [2.75, 3.05) is 26.2 Å². The van der Waals surface area contributed by atoms with Crippen LogP contribution in [-0.4, -0.2) is 59.0 Å². The van der Waals surface area contributed by atoms with Gasteiger partial charge in [-0.05, 0) is 44.5 Å². The highest BCUT2D eigenvalue weighted by molar-refractivity contribution is 5.92. The normalized spacial score (nSPS) is 24.5. The van der Waals surface area contributed by atoms with Crippen molar-refractivity contribution in [3.05, 3.63) is 29.8 Å². The molecule has 0 spiro atoms. The van der Waals surface area contributed by atoms with Crippen molar-refractivity contribution in [1.82, 2.24) is 14.8 Å². The lowest BCUT2D eigenvalue weighted by Crippen LogP contribution is -2.46. The van der Waals surface area contributed by atoms with Crippen LogP contribution < -0.4 is 5.73 Å². The van der Waals surface area contributed by atoms with Crippen LogP contribution in [0, 0.1) is 5.82 Å². The fourth-order valence-corrected chi connectivity index (χ4v) is 3.17. The second-order valence-corrected chi connectivity index (χ2v) is 5.93. The Kier molecular flexibility index (Phi) is 4.17.